The second-order valence-corrected chi connectivity index (χ2v) is 4.76. The van der Waals surface area contributed by atoms with E-state index in [1.165, 1.54) is 6.07 Å². The number of benzene rings is 1. The Balaban J connectivity index is 1.90. The number of aromatic nitrogens is 2. The number of ether oxygens (including phenoxy) is 1. The molecule has 0 radical (unpaired) electrons. The summed E-state index contributed by atoms with van der Waals surface area (Å²) < 4.78 is 48.2. The fourth-order valence-corrected chi connectivity index (χ4v) is 2.19. The van der Waals surface area contributed by atoms with E-state index in [1.807, 2.05) is 0 Å². The van der Waals surface area contributed by atoms with E-state index in [-0.39, 0.29) is 23.2 Å². The number of nitrogens with zero attached hydrogens (tertiary/aromatic N) is 2. The van der Waals surface area contributed by atoms with Gasteiger partial charge in [0.25, 0.3) is 5.89 Å². The maximum atomic E-state index is 12.6. The second-order valence-electron chi connectivity index (χ2n) is 4.76. The summed E-state index contributed by atoms with van der Waals surface area (Å²) in [6, 6.07) is 3.01. The van der Waals surface area contributed by atoms with Crippen LogP contribution < -0.4 is 5.73 Å². The van der Waals surface area contributed by atoms with Crippen molar-refractivity contribution in [3.63, 3.8) is 0 Å². The van der Waals surface area contributed by atoms with Gasteiger partial charge in [0, 0.05) is 12.3 Å². The number of alkyl halides is 3. The molecule has 1 aliphatic rings. The highest BCUT2D eigenvalue weighted by Crippen LogP contribution is 2.35. The number of rotatable bonds is 2. The fourth-order valence-electron chi connectivity index (χ4n) is 2.19. The highest BCUT2D eigenvalue weighted by atomic mass is 19.4. The third kappa shape index (κ3) is 2.71. The van der Waals surface area contributed by atoms with Crippen LogP contribution in [0, 0.1) is 0 Å². The fraction of sp³-hybridized carbons (Fsp3) is 0.385. The summed E-state index contributed by atoms with van der Waals surface area (Å²) in [4.78, 5) is 4.15. The number of anilines is 1. The molecule has 2 N–H and O–H groups in total. The molecule has 0 spiro atoms. The molecule has 1 aromatic heterocycles. The van der Waals surface area contributed by atoms with Gasteiger partial charge in [-0.15, -0.1) is 0 Å². The largest absolute Gasteiger partial charge is 0.416 e. The molecule has 1 aliphatic heterocycles. The summed E-state index contributed by atoms with van der Waals surface area (Å²) in [5, 5.41) is 3.80. The minimum absolute atomic E-state index is 0.0626. The summed E-state index contributed by atoms with van der Waals surface area (Å²) in [6.45, 7) is 0.636. The third-order valence-electron chi connectivity index (χ3n) is 3.27. The van der Waals surface area contributed by atoms with Gasteiger partial charge in [-0.1, -0.05) is 5.16 Å². The molecule has 112 valence electrons. The molecule has 0 bridgehead atoms. The molecular formula is C13H12F3N3O2. The molecule has 1 saturated heterocycles. The standard InChI is InChI=1S/C13H12F3N3O2/c14-13(15,16)7-3-4-8(9(17)6-7)12-18-11(19-21-12)10-2-1-5-20-10/h3-4,6,10H,1-2,5,17H2. The average molecular weight is 299 g/mol. The summed E-state index contributed by atoms with van der Waals surface area (Å²) in [5.41, 5.74) is 5.05. The van der Waals surface area contributed by atoms with E-state index in [2.05, 4.69) is 10.1 Å². The molecule has 0 amide bonds. The first kappa shape index (κ1) is 13.9. The van der Waals surface area contributed by atoms with Crippen LogP contribution in [0.5, 0.6) is 0 Å². The molecule has 3 rings (SSSR count). The van der Waals surface area contributed by atoms with Gasteiger partial charge in [0.2, 0.25) is 5.82 Å². The van der Waals surface area contributed by atoms with E-state index in [0.29, 0.717) is 12.4 Å². The molecule has 1 unspecified atom stereocenters. The molecule has 1 fully saturated rings. The lowest BCUT2D eigenvalue weighted by molar-refractivity contribution is -0.137. The Hall–Kier alpha value is -2.09. The summed E-state index contributed by atoms with van der Waals surface area (Å²) in [5.74, 6) is 0.480. The van der Waals surface area contributed by atoms with E-state index in [4.69, 9.17) is 15.0 Å². The topological polar surface area (TPSA) is 74.2 Å². The number of nitrogen functional groups attached to an aromatic ring is 1. The Morgan fingerprint density at radius 1 is 1.29 bits per heavy atom. The first-order valence-corrected chi connectivity index (χ1v) is 6.37. The maximum absolute atomic E-state index is 12.6. The molecular weight excluding hydrogens is 287 g/mol. The Labute approximate surface area is 117 Å². The Bertz CT molecular complexity index is 648. The van der Waals surface area contributed by atoms with Crippen molar-refractivity contribution in [3.8, 4) is 11.5 Å². The van der Waals surface area contributed by atoms with Crippen molar-refractivity contribution in [1.82, 2.24) is 10.1 Å². The Kier molecular flexibility index (Phi) is 3.32. The number of halogens is 3. The van der Waals surface area contributed by atoms with Crippen LogP contribution in [-0.4, -0.2) is 16.7 Å². The van der Waals surface area contributed by atoms with Crippen molar-refractivity contribution < 1.29 is 22.4 Å². The quantitative estimate of drug-likeness (QED) is 0.862. The highest BCUT2D eigenvalue weighted by molar-refractivity contribution is 5.71. The lowest BCUT2D eigenvalue weighted by Gasteiger charge is -2.08. The van der Waals surface area contributed by atoms with Crippen molar-refractivity contribution in [1.29, 1.82) is 0 Å². The van der Waals surface area contributed by atoms with Gasteiger partial charge in [0.1, 0.15) is 6.10 Å². The van der Waals surface area contributed by atoms with Crippen LogP contribution in [0.1, 0.15) is 30.3 Å². The Morgan fingerprint density at radius 2 is 2.10 bits per heavy atom. The van der Waals surface area contributed by atoms with Crippen molar-refractivity contribution in [2.75, 3.05) is 12.3 Å². The van der Waals surface area contributed by atoms with E-state index in [9.17, 15) is 13.2 Å². The SMILES string of the molecule is Nc1cc(C(F)(F)F)ccc1-c1nc(C2CCCO2)no1. The van der Waals surface area contributed by atoms with Gasteiger partial charge in [-0.2, -0.15) is 18.2 Å². The number of nitrogens with two attached hydrogens (primary N) is 1. The zero-order chi connectivity index (χ0) is 15.0. The second kappa shape index (κ2) is 5.03. The van der Waals surface area contributed by atoms with Crippen LogP contribution in [0.15, 0.2) is 22.7 Å². The van der Waals surface area contributed by atoms with Crippen LogP contribution >= 0.6 is 0 Å². The molecule has 1 aromatic carbocycles. The number of hydrogen-bond donors (Lipinski definition) is 1. The minimum Gasteiger partial charge on any atom is -0.398 e. The van der Waals surface area contributed by atoms with Gasteiger partial charge in [-0.05, 0) is 31.0 Å². The molecule has 0 aliphatic carbocycles. The zero-order valence-electron chi connectivity index (χ0n) is 10.9. The van der Waals surface area contributed by atoms with Crippen LogP contribution in [-0.2, 0) is 10.9 Å². The first-order valence-electron chi connectivity index (χ1n) is 6.37. The van der Waals surface area contributed by atoms with Gasteiger partial charge in [0.15, 0.2) is 0 Å². The highest BCUT2D eigenvalue weighted by Gasteiger charge is 2.31. The van der Waals surface area contributed by atoms with Gasteiger partial charge in [-0.3, -0.25) is 0 Å². The summed E-state index contributed by atoms with van der Waals surface area (Å²) in [6.07, 6.45) is -2.96. The van der Waals surface area contributed by atoms with Gasteiger partial charge in [-0.25, -0.2) is 0 Å². The third-order valence-corrected chi connectivity index (χ3v) is 3.27. The molecule has 21 heavy (non-hydrogen) atoms. The smallest absolute Gasteiger partial charge is 0.398 e. The molecule has 5 nitrogen and oxygen atoms in total. The monoisotopic (exact) mass is 299 g/mol. The van der Waals surface area contributed by atoms with Crippen molar-refractivity contribution in [2.45, 2.75) is 25.1 Å². The maximum Gasteiger partial charge on any atom is 0.416 e. The van der Waals surface area contributed by atoms with E-state index >= 15 is 0 Å². The van der Waals surface area contributed by atoms with Gasteiger partial charge < -0.3 is 15.0 Å². The number of hydrogen-bond acceptors (Lipinski definition) is 5. The summed E-state index contributed by atoms with van der Waals surface area (Å²) >= 11 is 0. The zero-order valence-corrected chi connectivity index (χ0v) is 10.9. The average Bonchev–Trinajstić information content (AvgIpc) is 3.08. The molecule has 8 heteroatoms. The van der Waals surface area contributed by atoms with E-state index in [1.54, 1.807) is 0 Å². The van der Waals surface area contributed by atoms with Crippen LogP contribution in [0.2, 0.25) is 0 Å². The summed E-state index contributed by atoms with van der Waals surface area (Å²) in [7, 11) is 0. The Morgan fingerprint density at radius 3 is 2.71 bits per heavy atom. The van der Waals surface area contributed by atoms with Crippen molar-refractivity contribution in [2.24, 2.45) is 0 Å². The van der Waals surface area contributed by atoms with Crippen LogP contribution in [0.4, 0.5) is 18.9 Å². The van der Waals surface area contributed by atoms with Gasteiger partial charge >= 0.3 is 6.18 Å². The molecule has 2 aromatic rings. The normalized spacial score (nSPS) is 19.1. The van der Waals surface area contributed by atoms with E-state index < -0.39 is 11.7 Å². The van der Waals surface area contributed by atoms with Crippen LogP contribution in [0.25, 0.3) is 11.5 Å². The van der Waals surface area contributed by atoms with E-state index in [0.717, 1.165) is 25.0 Å². The van der Waals surface area contributed by atoms with Crippen molar-refractivity contribution in [3.05, 3.63) is 29.6 Å². The first-order chi connectivity index (χ1) is 9.95. The van der Waals surface area contributed by atoms with Gasteiger partial charge in [0.05, 0.1) is 11.1 Å². The lowest BCUT2D eigenvalue weighted by atomic mass is 10.1. The predicted octanol–water partition coefficient (Wildman–Crippen LogP) is 3.19. The molecule has 0 saturated carbocycles. The molecule has 1 atom stereocenters. The van der Waals surface area contributed by atoms with Crippen molar-refractivity contribution >= 4 is 5.69 Å². The van der Waals surface area contributed by atoms with Crippen LogP contribution in [0.3, 0.4) is 0 Å². The predicted molar refractivity (Wildman–Crippen MR) is 67.1 cm³/mol. The lowest BCUT2D eigenvalue weighted by Crippen LogP contribution is -2.06. The minimum atomic E-state index is -4.44. The molecule has 2 heterocycles.